The molecule has 0 saturated heterocycles. The van der Waals surface area contributed by atoms with Crippen LogP contribution in [0.5, 0.6) is 5.75 Å². The monoisotopic (exact) mass is 416 g/mol. The minimum atomic E-state index is 0.300. The van der Waals surface area contributed by atoms with E-state index < -0.39 is 0 Å². The minimum absolute atomic E-state index is 0.300. The molecule has 0 aliphatic heterocycles. The van der Waals surface area contributed by atoms with E-state index in [-0.39, 0.29) is 0 Å². The van der Waals surface area contributed by atoms with Gasteiger partial charge in [-0.05, 0) is 61.7 Å². The number of hydrogen-bond donors (Lipinski definition) is 0. The van der Waals surface area contributed by atoms with Crippen LogP contribution in [0.15, 0.2) is 51.4 Å². The molecule has 2 aromatic rings. The van der Waals surface area contributed by atoms with E-state index in [1.807, 2.05) is 36.4 Å². The van der Waals surface area contributed by atoms with Crippen LogP contribution in [0, 0.1) is 22.7 Å². The molecular formula is C17H10Br2N2O. The Kier molecular flexibility index (Phi) is 5.77. The number of benzene rings is 2. The third-order valence-corrected chi connectivity index (χ3v) is 4.06. The van der Waals surface area contributed by atoms with E-state index in [0.717, 1.165) is 20.1 Å². The van der Waals surface area contributed by atoms with Crippen LogP contribution >= 0.6 is 31.9 Å². The highest BCUT2D eigenvalue weighted by atomic mass is 79.9. The number of halogens is 2. The lowest BCUT2D eigenvalue weighted by Gasteiger charge is -2.12. The highest BCUT2D eigenvalue weighted by molar-refractivity contribution is 9.11. The summed E-state index contributed by atoms with van der Waals surface area (Å²) < 4.78 is 7.37. The first-order chi connectivity index (χ1) is 10.7. The molecular weight excluding hydrogens is 408 g/mol. The van der Waals surface area contributed by atoms with Gasteiger partial charge in [-0.1, -0.05) is 18.2 Å². The zero-order valence-electron chi connectivity index (χ0n) is 11.4. The number of ether oxygens (including phenoxy) is 1. The third kappa shape index (κ3) is 3.98. The second-order valence-electron chi connectivity index (χ2n) is 4.33. The lowest BCUT2D eigenvalue weighted by molar-refractivity contribution is 0.302. The van der Waals surface area contributed by atoms with E-state index >= 15 is 0 Å². The van der Waals surface area contributed by atoms with Gasteiger partial charge >= 0.3 is 0 Å². The highest BCUT2D eigenvalue weighted by Crippen LogP contribution is 2.35. The first-order valence-electron chi connectivity index (χ1n) is 6.31. The summed E-state index contributed by atoms with van der Waals surface area (Å²) in [5.41, 5.74) is 2.31. The first-order valence-corrected chi connectivity index (χ1v) is 7.90. The zero-order valence-corrected chi connectivity index (χ0v) is 14.6. The smallest absolute Gasteiger partial charge is 0.148 e. The van der Waals surface area contributed by atoms with E-state index in [1.54, 1.807) is 12.1 Å². The van der Waals surface area contributed by atoms with Gasteiger partial charge in [0, 0.05) is 11.6 Å². The van der Waals surface area contributed by atoms with Gasteiger partial charge in [-0.15, -0.1) is 0 Å². The van der Waals surface area contributed by atoms with Gasteiger partial charge in [0.05, 0.1) is 26.6 Å². The molecule has 108 valence electrons. The van der Waals surface area contributed by atoms with Crippen molar-refractivity contribution in [3.8, 4) is 17.9 Å². The van der Waals surface area contributed by atoms with Gasteiger partial charge in [0.15, 0.2) is 0 Å². The summed E-state index contributed by atoms with van der Waals surface area (Å²) in [6.07, 6.45) is 3.13. The summed E-state index contributed by atoms with van der Waals surface area (Å²) in [5.74, 6) is 0.654. The topological polar surface area (TPSA) is 56.8 Å². The standard InChI is InChI=1S/C17H10Br2N2O/c18-15-8-12(4-3-7-20)9-16(19)17(15)22-11-14-6-2-1-5-13(14)10-21/h1-6,8-9H,11H2/b4-3+. The Bertz CT molecular complexity index is 778. The fourth-order valence-electron chi connectivity index (χ4n) is 1.85. The van der Waals surface area contributed by atoms with Gasteiger partial charge < -0.3 is 4.74 Å². The number of nitrogens with zero attached hydrogens (tertiary/aromatic N) is 2. The lowest BCUT2D eigenvalue weighted by atomic mass is 10.1. The van der Waals surface area contributed by atoms with Gasteiger partial charge in [0.2, 0.25) is 0 Å². The summed E-state index contributed by atoms with van der Waals surface area (Å²) in [6.45, 7) is 0.300. The van der Waals surface area contributed by atoms with E-state index in [4.69, 9.17) is 15.3 Å². The molecule has 0 bridgehead atoms. The number of hydrogen-bond acceptors (Lipinski definition) is 3. The molecule has 0 radical (unpaired) electrons. The molecule has 0 aromatic heterocycles. The van der Waals surface area contributed by atoms with Crippen LogP contribution in [0.3, 0.4) is 0 Å². The Morgan fingerprint density at radius 3 is 2.41 bits per heavy atom. The van der Waals surface area contributed by atoms with Crippen LogP contribution in [-0.2, 0) is 6.61 Å². The van der Waals surface area contributed by atoms with Crippen LogP contribution < -0.4 is 4.74 Å². The second-order valence-corrected chi connectivity index (χ2v) is 6.04. The SMILES string of the molecule is N#C/C=C/c1cc(Br)c(OCc2ccccc2C#N)c(Br)c1. The molecule has 0 spiro atoms. The average molecular weight is 418 g/mol. The summed E-state index contributed by atoms with van der Waals surface area (Å²) >= 11 is 6.92. The summed E-state index contributed by atoms with van der Waals surface area (Å²) in [7, 11) is 0. The van der Waals surface area contributed by atoms with Crippen LogP contribution in [-0.4, -0.2) is 0 Å². The fraction of sp³-hybridized carbons (Fsp3) is 0.0588. The maximum Gasteiger partial charge on any atom is 0.148 e. The molecule has 2 aromatic carbocycles. The van der Waals surface area contributed by atoms with Crippen molar-refractivity contribution in [3.05, 3.63) is 68.1 Å². The predicted octanol–water partition coefficient (Wildman–Crippen LogP) is 5.20. The van der Waals surface area contributed by atoms with Crippen molar-refractivity contribution in [2.75, 3.05) is 0 Å². The number of nitriles is 2. The van der Waals surface area contributed by atoms with E-state index in [1.165, 1.54) is 6.08 Å². The predicted molar refractivity (Wildman–Crippen MR) is 92.0 cm³/mol. The largest absolute Gasteiger partial charge is 0.486 e. The van der Waals surface area contributed by atoms with Crippen molar-refractivity contribution in [2.45, 2.75) is 6.61 Å². The Morgan fingerprint density at radius 1 is 1.09 bits per heavy atom. The maximum absolute atomic E-state index is 9.09. The van der Waals surface area contributed by atoms with E-state index in [0.29, 0.717) is 17.9 Å². The summed E-state index contributed by atoms with van der Waals surface area (Å²) in [4.78, 5) is 0. The van der Waals surface area contributed by atoms with Crippen LogP contribution in [0.25, 0.3) is 6.08 Å². The van der Waals surface area contributed by atoms with Gasteiger partial charge in [0.1, 0.15) is 12.4 Å². The van der Waals surface area contributed by atoms with Crippen molar-refractivity contribution < 1.29 is 4.74 Å². The summed E-state index contributed by atoms with van der Waals surface area (Å²) in [6, 6.07) is 15.2. The Balaban J connectivity index is 2.22. The molecule has 22 heavy (non-hydrogen) atoms. The van der Waals surface area contributed by atoms with E-state index in [9.17, 15) is 0 Å². The molecule has 0 N–H and O–H groups in total. The van der Waals surface area contributed by atoms with Gasteiger partial charge in [-0.2, -0.15) is 10.5 Å². The molecule has 3 nitrogen and oxygen atoms in total. The molecule has 2 rings (SSSR count). The van der Waals surface area contributed by atoms with Crippen molar-refractivity contribution in [1.82, 2.24) is 0 Å². The Morgan fingerprint density at radius 2 is 1.77 bits per heavy atom. The Labute approximate surface area is 145 Å². The lowest BCUT2D eigenvalue weighted by Crippen LogP contribution is -1.99. The number of rotatable bonds is 4. The maximum atomic E-state index is 9.09. The minimum Gasteiger partial charge on any atom is -0.486 e. The average Bonchev–Trinajstić information content (AvgIpc) is 2.52. The van der Waals surface area contributed by atoms with Crippen molar-refractivity contribution in [3.63, 3.8) is 0 Å². The molecule has 0 saturated carbocycles. The molecule has 0 aliphatic carbocycles. The fourth-order valence-corrected chi connectivity index (χ4v) is 3.30. The first kappa shape index (κ1) is 16.3. The molecule has 0 heterocycles. The van der Waals surface area contributed by atoms with Crippen molar-refractivity contribution in [2.24, 2.45) is 0 Å². The molecule has 0 atom stereocenters. The molecule has 5 heteroatoms. The van der Waals surface area contributed by atoms with Crippen LogP contribution in [0.1, 0.15) is 16.7 Å². The second kappa shape index (κ2) is 7.79. The zero-order chi connectivity index (χ0) is 15.9. The van der Waals surface area contributed by atoms with Crippen molar-refractivity contribution in [1.29, 1.82) is 10.5 Å². The number of allylic oxidation sites excluding steroid dienone is 1. The normalized spacial score (nSPS) is 10.2. The molecule has 0 unspecified atom stereocenters. The van der Waals surface area contributed by atoms with Gasteiger partial charge in [-0.3, -0.25) is 0 Å². The molecule has 0 aliphatic rings. The van der Waals surface area contributed by atoms with E-state index in [2.05, 4.69) is 37.9 Å². The Hall–Kier alpha value is -2.08. The molecule has 0 fully saturated rings. The highest BCUT2D eigenvalue weighted by Gasteiger charge is 2.10. The molecule has 0 amide bonds. The van der Waals surface area contributed by atoms with Gasteiger partial charge in [-0.25, -0.2) is 0 Å². The van der Waals surface area contributed by atoms with Gasteiger partial charge in [0.25, 0.3) is 0 Å². The summed E-state index contributed by atoms with van der Waals surface area (Å²) in [5, 5.41) is 17.7. The van der Waals surface area contributed by atoms with Crippen LogP contribution in [0.4, 0.5) is 0 Å². The van der Waals surface area contributed by atoms with Crippen LogP contribution in [0.2, 0.25) is 0 Å². The third-order valence-electron chi connectivity index (χ3n) is 2.88. The van der Waals surface area contributed by atoms with Crippen molar-refractivity contribution >= 4 is 37.9 Å². The quantitative estimate of drug-likeness (QED) is 0.642.